The van der Waals surface area contributed by atoms with Crippen molar-refractivity contribution in [3.8, 4) is 0 Å². The van der Waals surface area contributed by atoms with E-state index in [1.165, 1.54) is 0 Å². The Morgan fingerprint density at radius 3 is 2.75 bits per heavy atom. The Balaban J connectivity index is 2.53. The van der Waals surface area contributed by atoms with E-state index in [1.54, 1.807) is 31.3 Å². The molecule has 2 rings (SSSR count). The number of amides is 1. The number of nitrogens with zero attached hydrogens (tertiary/aromatic N) is 4. The van der Waals surface area contributed by atoms with Gasteiger partial charge in [-0.1, -0.05) is 6.92 Å². The summed E-state index contributed by atoms with van der Waals surface area (Å²) in [6.07, 6.45) is 2.58. The third-order valence-electron chi connectivity index (χ3n) is 2.44. The molecule has 0 spiro atoms. The van der Waals surface area contributed by atoms with Gasteiger partial charge in [-0.05, 0) is 12.1 Å². The van der Waals surface area contributed by atoms with Crippen molar-refractivity contribution in [2.24, 2.45) is 0 Å². The highest BCUT2D eigenvalue weighted by atomic mass is 16.2. The normalized spacial score (nSPS) is 10.7. The van der Waals surface area contributed by atoms with Crippen LogP contribution < -0.4 is 0 Å². The van der Waals surface area contributed by atoms with E-state index in [1.807, 2.05) is 17.4 Å². The molecule has 0 aliphatic carbocycles. The number of hydrogen-bond donors (Lipinski definition) is 0. The van der Waals surface area contributed by atoms with Crippen LogP contribution in [-0.2, 0) is 6.42 Å². The molecule has 5 nitrogen and oxygen atoms in total. The van der Waals surface area contributed by atoms with Gasteiger partial charge < -0.3 is 4.90 Å². The Kier molecular flexibility index (Phi) is 2.60. The first-order chi connectivity index (χ1) is 7.63. The topological polar surface area (TPSA) is 50.5 Å². The van der Waals surface area contributed by atoms with E-state index >= 15 is 0 Å². The van der Waals surface area contributed by atoms with E-state index < -0.39 is 0 Å². The summed E-state index contributed by atoms with van der Waals surface area (Å²) in [6, 6.07) is 3.58. The van der Waals surface area contributed by atoms with Crippen LogP contribution in [0.1, 0.15) is 23.1 Å². The van der Waals surface area contributed by atoms with Gasteiger partial charge in [0.1, 0.15) is 5.82 Å². The minimum atomic E-state index is -0.0161. The Labute approximate surface area is 93.7 Å². The van der Waals surface area contributed by atoms with Gasteiger partial charge in [0.25, 0.3) is 5.91 Å². The summed E-state index contributed by atoms with van der Waals surface area (Å²) < 4.78 is 1.86. The highest BCUT2D eigenvalue weighted by molar-refractivity contribution is 5.93. The quantitative estimate of drug-likeness (QED) is 0.755. The summed E-state index contributed by atoms with van der Waals surface area (Å²) >= 11 is 0. The average Bonchev–Trinajstić information content (AvgIpc) is 2.69. The zero-order valence-corrected chi connectivity index (χ0v) is 9.64. The Bertz CT molecular complexity index is 530. The first-order valence-corrected chi connectivity index (χ1v) is 5.18. The van der Waals surface area contributed by atoms with Crippen LogP contribution in [0.4, 0.5) is 0 Å². The Hall–Kier alpha value is -1.91. The summed E-state index contributed by atoms with van der Waals surface area (Å²) in [5, 5.41) is 8.07. The van der Waals surface area contributed by atoms with E-state index in [9.17, 15) is 4.79 Å². The molecule has 2 aromatic rings. The maximum atomic E-state index is 11.8. The van der Waals surface area contributed by atoms with E-state index in [0.29, 0.717) is 5.56 Å². The zero-order chi connectivity index (χ0) is 11.7. The lowest BCUT2D eigenvalue weighted by Crippen LogP contribution is -2.22. The Morgan fingerprint density at radius 2 is 2.12 bits per heavy atom. The standard InChI is InChI=1S/C11H14N4O/c1-4-9-12-13-10-6-5-8(7-15(9)10)11(16)14(2)3/h5-7H,4H2,1-3H3. The SMILES string of the molecule is CCc1nnc2ccc(C(=O)N(C)C)cn12. The van der Waals surface area contributed by atoms with E-state index in [-0.39, 0.29) is 5.91 Å². The third-order valence-corrected chi connectivity index (χ3v) is 2.44. The summed E-state index contributed by atoms with van der Waals surface area (Å²) in [6.45, 7) is 2.01. The summed E-state index contributed by atoms with van der Waals surface area (Å²) in [7, 11) is 3.47. The highest BCUT2D eigenvalue weighted by Crippen LogP contribution is 2.08. The fourth-order valence-electron chi connectivity index (χ4n) is 1.56. The Morgan fingerprint density at radius 1 is 1.38 bits per heavy atom. The molecule has 0 bridgehead atoms. The summed E-state index contributed by atoms with van der Waals surface area (Å²) in [5.41, 5.74) is 1.42. The van der Waals surface area contributed by atoms with Crippen LogP contribution >= 0.6 is 0 Å². The number of aryl methyl sites for hydroxylation is 1. The highest BCUT2D eigenvalue weighted by Gasteiger charge is 2.10. The number of fused-ring (bicyclic) bond motifs is 1. The molecule has 0 atom stereocenters. The van der Waals surface area contributed by atoms with Gasteiger partial charge in [0.05, 0.1) is 5.56 Å². The molecule has 2 heterocycles. The van der Waals surface area contributed by atoms with Gasteiger partial charge in [0.15, 0.2) is 5.65 Å². The van der Waals surface area contributed by atoms with Crippen LogP contribution in [0.5, 0.6) is 0 Å². The summed E-state index contributed by atoms with van der Waals surface area (Å²) in [4.78, 5) is 13.3. The van der Waals surface area contributed by atoms with Gasteiger partial charge in [0, 0.05) is 26.7 Å². The van der Waals surface area contributed by atoms with Crippen LogP contribution in [0.25, 0.3) is 5.65 Å². The first kappa shape index (κ1) is 10.6. The van der Waals surface area contributed by atoms with Crippen molar-refractivity contribution in [1.29, 1.82) is 0 Å². The largest absolute Gasteiger partial charge is 0.345 e. The number of pyridine rings is 1. The van der Waals surface area contributed by atoms with Crippen LogP contribution in [0.2, 0.25) is 0 Å². The van der Waals surface area contributed by atoms with Gasteiger partial charge in [-0.2, -0.15) is 0 Å². The van der Waals surface area contributed by atoms with Crippen LogP contribution in [0.3, 0.4) is 0 Å². The lowest BCUT2D eigenvalue weighted by Gasteiger charge is -2.10. The number of carbonyl (C=O) groups is 1. The van der Waals surface area contributed by atoms with E-state index in [0.717, 1.165) is 17.9 Å². The van der Waals surface area contributed by atoms with Gasteiger partial charge >= 0.3 is 0 Å². The monoisotopic (exact) mass is 218 g/mol. The van der Waals surface area contributed by atoms with Crippen molar-refractivity contribution < 1.29 is 4.79 Å². The fourth-order valence-corrected chi connectivity index (χ4v) is 1.56. The van der Waals surface area contributed by atoms with Gasteiger partial charge in [-0.15, -0.1) is 10.2 Å². The minimum absolute atomic E-state index is 0.0161. The van der Waals surface area contributed by atoms with Crippen molar-refractivity contribution >= 4 is 11.6 Å². The maximum absolute atomic E-state index is 11.8. The third kappa shape index (κ3) is 1.64. The molecule has 0 unspecified atom stereocenters. The molecule has 16 heavy (non-hydrogen) atoms. The summed E-state index contributed by atoms with van der Waals surface area (Å²) in [5.74, 6) is 0.848. The zero-order valence-electron chi connectivity index (χ0n) is 9.64. The molecule has 1 amide bonds. The molecule has 84 valence electrons. The van der Waals surface area contributed by atoms with Gasteiger partial charge in [-0.25, -0.2) is 0 Å². The van der Waals surface area contributed by atoms with E-state index in [2.05, 4.69) is 10.2 Å². The first-order valence-electron chi connectivity index (χ1n) is 5.18. The fraction of sp³-hybridized carbons (Fsp3) is 0.364. The molecule has 0 aliphatic rings. The molecular weight excluding hydrogens is 204 g/mol. The lowest BCUT2D eigenvalue weighted by molar-refractivity contribution is 0.0827. The van der Waals surface area contributed by atoms with Gasteiger partial charge in [-0.3, -0.25) is 9.20 Å². The smallest absolute Gasteiger partial charge is 0.254 e. The second kappa shape index (κ2) is 3.92. The van der Waals surface area contributed by atoms with Crippen molar-refractivity contribution in [3.63, 3.8) is 0 Å². The van der Waals surface area contributed by atoms with Crippen molar-refractivity contribution in [1.82, 2.24) is 19.5 Å². The second-order valence-corrected chi connectivity index (χ2v) is 3.82. The van der Waals surface area contributed by atoms with Crippen molar-refractivity contribution in [3.05, 3.63) is 29.7 Å². The van der Waals surface area contributed by atoms with Crippen LogP contribution in [-0.4, -0.2) is 39.5 Å². The molecule has 0 radical (unpaired) electrons. The molecule has 0 saturated heterocycles. The van der Waals surface area contributed by atoms with Crippen LogP contribution in [0, 0.1) is 0 Å². The molecule has 0 aromatic carbocycles. The maximum Gasteiger partial charge on any atom is 0.254 e. The molecule has 0 N–H and O–H groups in total. The average molecular weight is 218 g/mol. The predicted molar refractivity (Wildman–Crippen MR) is 60.4 cm³/mol. The molecule has 2 aromatic heterocycles. The van der Waals surface area contributed by atoms with E-state index in [4.69, 9.17) is 0 Å². The molecule has 5 heteroatoms. The van der Waals surface area contributed by atoms with Gasteiger partial charge in [0.2, 0.25) is 0 Å². The molecule has 0 saturated carbocycles. The predicted octanol–water partition coefficient (Wildman–Crippen LogP) is 0.994. The molecular formula is C11H14N4O. The number of aromatic nitrogens is 3. The van der Waals surface area contributed by atoms with Crippen molar-refractivity contribution in [2.45, 2.75) is 13.3 Å². The number of hydrogen-bond acceptors (Lipinski definition) is 3. The van der Waals surface area contributed by atoms with Crippen LogP contribution in [0.15, 0.2) is 18.3 Å². The number of rotatable bonds is 2. The van der Waals surface area contributed by atoms with Crippen molar-refractivity contribution in [2.75, 3.05) is 14.1 Å². The minimum Gasteiger partial charge on any atom is -0.345 e. The number of carbonyl (C=O) groups excluding carboxylic acids is 1. The second-order valence-electron chi connectivity index (χ2n) is 3.82. The molecule has 0 aliphatic heterocycles. The molecule has 0 fully saturated rings. The lowest BCUT2D eigenvalue weighted by atomic mass is 10.2.